The van der Waals surface area contributed by atoms with Crippen LogP contribution >= 0.6 is 0 Å². The molecular formula is C20H22FN3O. The van der Waals surface area contributed by atoms with Crippen LogP contribution in [-0.4, -0.2) is 16.9 Å². The van der Waals surface area contributed by atoms with E-state index >= 15 is 0 Å². The van der Waals surface area contributed by atoms with Gasteiger partial charge in [0.1, 0.15) is 11.6 Å². The fraction of sp³-hybridized carbons (Fsp3) is 0.250. The van der Waals surface area contributed by atoms with Gasteiger partial charge in [-0.1, -0.05) is 18.2 Å². The molecule has 0 aliphatic carbocycles. The molecule has 1 N–H and O–H groups in total. The number of nitrogens with zero attached hydrogens (tertiary/aromatic N) is 2. The Balaban J connectivity index is 1.74. The molecule has 0 unspecified atom stereocenters. The van der Waals surface area contributed by atoms with E-state index in [-0.39, 0.29) is 5.82 Å². The molecule has 0 saturated heterocycles. The highest BCUT2D eigenvalue weighted by Crippen LogP contribution is 2.20. The second-order valence-electron chi connectivity index (χ2n) is 5.95. The van der Waals surface area contributed by atoms with Crippen molar-refractivity contribution in [1.29, 1.82) is 0 Å². The van der Waals surface area contributed by atoms with Gasteiger partial charge in [0, 0.05) is 29.9 Å². The average molecular weight is 339 g/mol. The Kier molecular flexibility index (Phi) is 5.14. The summed E-state index contributed by atoms with van der Waals surface area (Å²) in [5, 5.41) is 8.05. The molecule has 0 aliphatic rings. The van der Waals surface area contributed by atoms with E-state index in [9.17, 15) is 4.39 Å². The number of benzene rings is 2. The van der Waals surface area contributed by atoms with Gasteiger partial charge in [0.05, 0.1) is 18.5 Å². The van der Waals surface area contributed by atoms with Gasteiger partial charge in [-0.2, -0.15) is 5.10 Å². The van der Waals surface area contributed by atoms with Crippen LogP contribution in [0.15, 0.2) is 48.5 Å². The minimum Gasteiger partial charge on any atom is -0.496 e. The lowest BCUT2D eigenvalue weighted by Gasteiger charge is -2.10. The van der Waals surface area contributed by atoms with Crippen molar-refractivity contribution in [2.75, 3.05) is 7.11 Å². The number of para-hydroxylation sites is 1. The summed E-state index contributed by atoms with van der Waals surface area (Å²) in [5.41, 5.74) is 5.15. The molecule has 2 aromatic carbocycles. The molecule has 1 heterocycles. The fourth-order valence-electron chi connectivity index (χ4n) is 2.94. The first-order valence-electron chi connectivity index (χ1n) is 8.24. The van der Waals surface area contributed by atoms with Gasteiger partial charge in [-0.3, -0.25) is 0 Å². The third-order valence-corrected chi connectivity index (χ3v) is 4.32. The number of aromatic nitrogens is 2. The lowest BCUT2D eigenvalue weighted by atomic mass is 10.1. The van der Waals surface area contributed by atoms with E-state index < -0.39 is 0 Å². The molecule has 130 valence electrons. The molecule has 0 radical (unpaired) electrons. The number of hydrogen-bond donors (Lipinski definition) is 1. The van der Waals surface area contributed by atoms with Gasteiger partial charge in [-0.25, -0.2) is 9.07 Å². The molecule has 3 aromatic rings. The zero-order valence-electron chi connectivity index (χ0n) is 14.7. The van der Waals surface area contributed by atoms with Crippen molar-refractivity contribution in [3.8, 4) is 11.4 Å². The predicted molar refractivity (Wildman–Crippen MR) is 96.5 cm³/mol. The molecule has 0 spiro atoms. The highest BCUT2D eigenvalue weighted by atomic mass is 19.1. The van der Waals surface area contributed by atoms with Crippen molar-refractivity contribution >= 4 is 0 Å². The molecule has 5 heteroatoms. The molecule has 0 aliphatic heterocycles. The molecule has 1 aromatic heterocycles. The Bertz CT molecular complexity index is 856. The van der Waals surface area contributed by atoms with E-state index in [2.05, 4.69) is 10.4 Å². The number of nitrogens with one attached hydrogen (secondary N) is 1. The molecule has 25 heavy (non-hydrogen) atoms. The second kappa shape index (κ2) is 7.49. The summed E-state index contributed by atoms with van der Waals surface area (Å²) in [5.74, 6) is 0.634. The van der Waals surface area contributed by atoms with Crippen molar-refractivity contribution in [2.45, 2.75) is 26.9 Å². The molecule has 0 atom stereocenters. The Morgan fingerprint density at radius 1 is 1.04 bits per heavy atom. The van der Waals surface area contributed by atoms with Crippen molar-refractivity contribution in [2.24, 2.45) is 0 Å². The van der Waals surface area contributed by atoms with Crippen LogP contribution in [0.2, 0.25) is 0 Å². The lowest BCUT2D eigenvalue weighted by Crippen LogP contribution is -2.14. The normalized spacial score (nSPS) is 10.9. The molecule has 0 fully saturated rings. The predicted octanol–water partition coefficient (Wildman–Crippen LogP) is 3.93. The summed E-state index contributed by atoms with van der Waals surface area (Å²) in [6.07, 6.45) is 0. The molecule has 0 amide bonds. The van der Waals surface area contributed by atoms with Crippen molar-refractivity contribution in [1.82, 2.24) is 15.1 Å². The summed E-state index contributed by atoms with van der Waals surface area (Å²) in [6.45, 7) is 5.44. The van der Waals surface area contributed by atoms with Gasteiger partial charge < -0.3 is 10.1 Å². The largest absolute Gasteiger partial charge is 0.496 e. The minimum atomic E-state index is -0.246. The molecule has 0 bridgehead atoms. The first kappa shape index (κ1) is 17.2. The van der Waals surface area contributed by atoms with E-state index in [0.717, 1.165) is 34.0 Å². The maximum atomic E-state index is 13.1. The van der Waals surface area contributed by atoms with Gasteiger partial charge in [0.25, 0.3) is 0 Å². The molecule has 0 saturated carbocycles. The van der Waals surface area contributed by atoms with Gasteiger partial charge in [-0.05, 0) is 44.2 Å². The maximum Gasteiger partial charge on any atom is 0.123 e. The summed E-state index contributed by atoms with van der Waals surface area (Å²) < 4.78 is 20.4. The average Bonchev–Trinajstić information content (AvgIpc) is 2.91. The lowest BCUT2D eigenvalue weighted by molar-refractivity contribution is 0.407. The quantitative estimate of drug-likeness (QED) is 0.740. The zero-order chi connectivity index (χ0) is 17.8. The van der Waals surface area contributed by atoms with Crippen molar-refractivity contribution < 1.29 is 9.13 Å². The first-order chi connectivity index (χ1) is 12.1. The maximum absolute atomic E-state index is 13.1. The van der Waals surface area contributed by atoms with Gasteiger partial charge in [0.15, 0.2) is 0 Å². The SMILES string of the molecule is COc1ccccc1CNCc1c(C)nn(-c2ccc(F)cc2)c1C. The first-order valence-corrected chi connectivity index (χ1v) is 8.24. The number of ether oxygens (including phenoxy) is 1. The highest BCUT2D eigenvalue weighted by Gasteiger charge is 2.13. The third kappa shape index (κ3) is 3.72. The second-order valence-corrected chi connectivity index (χ2v) is 5.95. The molecular weight excluding hydrogens is 317 g/mol. The van der Waals surface area contributed by atoms with Crippen LogP contribution in [0.1, 0.15) is 22.5 Å². The smallest absolute Gasteiger partial charge is 0.123 e. The fourth-order valence-corrected chi connectivity index (χ4v) is 2.94. The van der Waals surface area contributed by atoms with E-state index in [1.165, 1.54) is 12.1 Å². The van der Waals surface area contributed by atoms with Crippen LogP contribution in [0.25, 0.3) is 5.69 Å². The van der Waals surface area contributed by atoms with E-state index in [1.54, 1.807) is 19.2 Å². The van der Waals surface area contributed by atoms with Gasteiger partial charge in [0.2, 0.25) is 0 Å². The summed E-state index contributed by atoms with van der Waals surface area (Å²) >= 11 is 0. The number of aryl methyl sites for hydroxylation is 1. The summed E-state index contributed by atoms with van der Waals surface area (Å²) in [7, 11) is 1.68. The molecule has 3 rings (SSSR count). The van der Waals surface area contributed by atoms with Crippen LogP contribution in [0.3, 0.4) is 0 Å². The Morgan fingerprint density at radius 2 is 1.76 bits per heavy atom. The standard InChI is InChI=1S/C20H22FN3O/c1-14-19(13-22-12-16-6-4-5-7-20(16)25-3)15(2)24(23-14)18-10-8-17(21)9-11-18/h4-11,22H,12-13H2,1-3H3. The number of hydrogen-bond acceptors (Lipinski definition) is 3. The molecule has 4 nitrogen and oxygen atoms in total. The Morgan fingerprint density at radius 3 is 2.48 bits per heavy atom. The number of rotatable bonds is 6. The van der Waals surface area contributed by atoms with E-state index in [1.807, 2.05) is 42.8 Å². The Labute approximate surface area is 147 Å². The van der Waals surface area contributed by atoms with Crippen molar-refractivity contribution in [3.05, 3.63) is 76.9 Å². The summed E-state index contributed by atoms with van der Waals surface area (Å²) in [4.78, 5) is 0. The Hall–Kier alpha value is -2.66. The minimum absolute atomic E-state index is 0.246. The highest BCUT2D eigenvalue weighted by molar-refractivity contribution is 5.37. The summed E-state index contributed by atoms with van der Waals surface area (Å²) in [6, 6.07) is 14.3. The van der Waals surface area contributed by atoms with Crippen LogP contribution in [0.5, 0.6) is 5.75 Å². The number of halogens is 1. The van der Waals surface area contributed by atoms with E-state index in [0.29, 0.717) is 13.1 Å². The topological polar surface area (TPSA) is 39.1 Å². The van der Waals surface area contributed by atoms with Crippen LogP contribution < -0.4 is 10.1 Å². The van der Waals surface area contributed by atoms with Gasteiger partial charge in [-0.15, -0.1) is 0 Å². The zero-order valence-corrected chi connectivity index (χ0v) is 14.7. The van der Waals surface area contributed by atoms with Crippen LogP contribution in [0, 0.1) is 19.7 Å². The monoisotopic (exact) mass is 339 g/mol. The third-order valence-electron chi connectivity index (χ3n) is 4.32. The van der Waals surface area contributed by atoms with E-state index in [4.69, 9.17) is 4.74 Å². The van der Waals surface area contributed by atoms with Gasteiger partial charge >= 0.3 is 0 Å². The number of methoxy groups -OCH3 is 1. The van der Waals surface area contributed by atoms with Crippen LogP contribution in [0.4, 0.5) is 4.39 Å². The van der Waals surface area contributed by atoms with Crippen LogP contribution in [-0.2, 0) is 13.1 Å². The van der Waals surface area contributed by atoms with Crippen molar-refractivity contribution in [3.63, 3.8) is 0 Å².